The lowest BCUT2D eigenvalue weighted by molar-refractivity contribution is -0.114. The van der Waals surface area contributed by atoms with Crippen LogP contribution >= 0.6 is 11.3 Å². The smallest absolute Gasteiger partial charge is 0.223 e. The number of carbonyl (C=O) groups is 1. The van der Waals surface area contributed by atoms with Gasteiger partial charge in [-0.2, -0.15) is 0 Å². The standard InChI is InChI=1S/C19H28N4O2SSi/c1-12(24)21-18-22-15-11-20-16(23-17(15)26-18)13-7-9-14(10-8-13)25-27(5,6)19(2,3)4/h7,11,14H,8-10H2,1-6H3,(H,21,22,24). The lowest BCUT2D eigenvalue weighted by Gasteiger charge is -2.40. The maximum Gasteiger partial charge on any atom is 0.223 e. The highest BCUT2D eigenvalue weighted by Crippen LogP contribution is 2.39. The number of hydrogen-bond donors (Lipinski definition) is 1. The second kappa shape index (κ2) is 7.41. The zero-order valence-electron chi connectivity index (χ0n) is 16.9. The number of nitrogens with one attached hydrogen (secondary N) is 1. The summed E-state index contributed by atoms with van der Waals surface area (Å²) in [7, 11) is -1.74. The third kappa shape index (κ3) is 4.62. The van der Waals surface area contributed by atoms with Crippen LogP contribution in [0.25, 0.3) is 15.9 Å². The molecule has 1 aliphatic carbocycles. The second-order valence-corrected chi connectivity index (χ2v) is 14.3. The van der Waals surface area contributed by atoms with E-state index in [4.69, 9.17) is 4.43 Å². The van der Waals surface area contributed by atoms with Crippen LogP contribution in [0.4, 0.5) is 5.13 Å². The number of aromatic nitrogens is 3. The van der Waals surface area contributed by atoms with Crippen molar-refractivity contribution in [3.8, 4) is 0 Å². The quantitative estimate of drug-likeness (QED) is 0.725. The van der Waals surface area contributed by atoms with Crippen molar-refractivity contribution in [2.24, 2.45) is 0 Å². The van der Waals surface area contributed by atoms with E-state index >= 15 is 0 Å². The number of nitrogens with zero attached hydrogens (tertiary/aromatic N) is 3. The molecule has 0 aromatic carbocycles. The Hall–Kier alpha value is -1.64. The molecular weight excluding hydrogens is 376 g/mol. The van der Waals surface area contributed by atoms with E-state index in [0.717, 1.165) is 29.9 Å². The molecule has 0 saturated heterocycles. The molecule has 1 unspecified atom stereocenters. The monoisotopic (exact) mass is 404 g/mol. The lowest BCUT2D eigenvalue weighted by atomic mass is 9.97. The Morgan fingerprint density at radius 2 is 2.07 bits per heavy atom. The SMILES string of the molecule is CC(=O)Nc1nc2cnc(C3=CCC(O[Si](C)(C)C(C)(C)C)CC3)nc2s1. The van der Waals surface area contributed by atoms with E-state index in [1.54, 1.807) is 6.20 Å². The molecule has 27 heavy (non-hydrogen) atoms. The van der Waals surface area contributed by atoms with Gasteiger partial charge in [0.05, 0.1) is 6.20 Å². The lowest BCUT2D eigenvalue weighted by Crippen LogP contribution is -2.44. The summed E-state index contributed by atoms with van der Waals surface area (Å²) in [6, 6.07) is 0. The van der Waals surface area contributed by atoms with E-state index in [9.17, 15) is 4.79 Å². The van der Waals surface area contributed by atoms with Gasteiger partial charge in [0.1, 0.15) is 10.3 Å². The molecule has 0 spiro atoms. The van der Waals surface area contributed by atoms with Crippen molar-refractivity contribution in [1.82, 2.24) is 15.0 Å². The highest BCUT2D eigenvalue weighted by Gasteiger charge is 2.39. The maximum atomic E-state index is 11.2. The largest absolute Gasteiger partial charge is 0.414 e. The predicted octanol–water partition coefficient (Wildman–Crippen LogP) is 5.00. The van der Waals surface area contributed by atoms with Crippen LogP contribution < -0.4 is 5.32 Å². The Kier molecular flexibility index (Phi) is 5.51. The average Bonchev–Trinajstić information content (AvgIpc) is 2.94. The van der Waals surface area contributed by atoms with Crippen LogP contribution in [0.15, 0.2) is 12.3 Å². The molecule has 8 heteroatoms. The van der Waals surface area contributed by atoms with Crippen LogP contribution in [0.2, 0.25) is 18.1 Å². The number of rotatable bonds is 4. The zero-order valence-corrected chi connectivity index (χ0v) is 18.7. The Bertz CT molecular complexity index is 885. The molecule has 1 atom stereocenters. The van der Waals surface area contributed by atoms with Gasteiger partial charge in [-0.1, -0.05) is 38.2 Å². The molecule has 3 rings (SSSR count). The minimum absolute atomic E-state index is 0.134. The first kappa shape index (κ1) is 20.1. The third-order valence-corrected chi connectivity index (χ3v) is 10.8. The van der Waals surface area contributed by atoms with Crippen molar-refractivity contribution in [2.75, 3.05) is 5.32 Å². The fraction of sp³-hybridized carbons (Fsp3) is 0.579. The fourth-order valence-corrected chi connectivity index (χ4v) is 5.07. The van der Waals surface area contributed by atoms with Crippen LogP contribution in [-0.4, -0.2) is 35.3 Å². The second-order valence-electron chi connectivity index (χ2n) is 8.59. The summed E-state index contributed by atoms with van der Waals surface area (Å²) in [5, 5.41) is 3.49. The fourth-order valence-electron chi connectivity index (χ4n) is 2.81. The molecular formula is C19H28N4O2SSi. The van der Waals surface area contributed by atoms with E-state index in [1.165, 1.54) is 23.8 Å². The van der Waals surface area contributed by atoms with Gasteiger partial charge >= 0.3 is 0 Å². The molecule has 6 nitrogen and oxygen atoms in total. The van der Waals surface area contributed by atoms with Crippen molar-refractivity contribution in [3.63, 3.8) is 0 Å². The molecule has 2 aromatic heterocycles. The van der Waals surface area contributed by atoms with Gasteiger partial charge in [-0.15, -0.1) is 0 Å². The summed E-state index contributed by atoms with van der Waals surface area (Å²) in [6.45, 7) is 12.9. The average molecular weight is 405 g/mol. The summed E-state index contributed by atoms with van der Waals surface area (Å²) in [5.74, 6) is 0.622. The normalized spacial score (nSPS) is 18.4. The summed E-state index contributed by atoms with van der Waals surface area (Å²) >= 11 is 1.37. The van der Waals surface area contributed by atoms with Crippen molar-refractivity contribution < 1.29 is 9.22 Å². The Morgan fingerprint density at radius 3 is 2.67 bits per heavy atom. The van der Waals surface area contributed by atoms with Gasteiger partial charge in [0.25, 0.3) is 0 Å². The molecule has 146 valence electrons. The minimum Gasteiger partial charge on any atom is -0.414 e. The van der Waals surface area contributed by atoms with Gasteiger partial charge < -0.3 is 9.74 Å². The molecule has 2 heterocycles. The molecule has 0 aliphatic heterocycles. The van der Waals surface area contributed by atoms with Crippen molar-refractivity contribution in [1.29, 1.82) is 0 Å². The van der Waals surface area contributed by atoms with Crippen LogP contribution in [0, 0.1) is 0 Å². The van der Waals surface area contributed by atoms with Crippen molar-refractivity contribution in [2.45, 2.75) is 71.2 Å². The van der Waals surface area contributed by atoms with Crippen LogP contribution in [0.3, 0.4) is 0 Å². The first-order chi connectivity index (χ1) is 12.5. The van der Waals surface area contributed by atoms with E-state index in [0.29, 0.717) is 10.6 Å². The van der Waals surface area contributed by atoms with E-state index < -0.39 is 8.32 Å². The molecule has 0 radical (unpaired) electrons. The van der Waals surface area contributed by atoms with Crippen molar-refractivity contribution in [3.05, 3.63) is 18.1 Å². The number of carbonyl (C=O) groups excluding carboxylic acids is 1. The number of thiazole rings is 1. The summed E-state index contributed by atoms with van der Waals surface area (Å²) in [4.78, 5) is 25.5. The van der Waals surface area contributed by atoms with Gasteiger partial charge in [0.2, 0.25) is 5.91 Å². The highest BCUT2D eigenvalue weighted by atomic mass is 32.1. The zero-order chi connectivity index (χ0) is 19.8. The number of hydrogen-bond acceptors (Lipinski definition) is 6. The minimum atomic E-state index is -1.74. The first-order valence-electron chi connectivity index (χ1n) is 9.33. The molecule has 0 fully saturated rings. The van der Waals surface area contributed by atoms with Gasteiger partial charge in [0, 0.05) is 13.0 Å². The third-order valence-electron chi connectivity index (χ3n) is 5.35. The molecule has 1 N–H and O–H groups in total. The van der Waals surface area contributed by atoms with E-state index in [2.05, 4.69) is 60.2 Å². The van der Waals surface area contributed by atoms with Gasteiger partial charge in [-0.3, -0.25) is 4.79 Å². The number of fused-ring (bicyclic) bond motifs is 1. The van der Waals surface area contributed by atoms with Gasteiger partial charge in [-0.25, -0.2) is 15.0 Å². The maximum absolute atomic E-state index is 11.2. The Morgan fingerprint density at radius 1 is 1.33 bits per heavy atom. The number of anilines is 1. The Labute approximate surface area is 165 Å². The van der Waals surface area contributed by atoms with Gasteiger partial charge in [0.15, 0.2) is 19.3 Å². The Balaban J connectivity index is 1.72. The summed E-state index contributed by atoms with van der Waals surface area (Å²) in [6.07, 6.45) is 7.06. The van der Waals surface area contributed by atoms with Crippen LogP contribution in [-0.2, 0) is 9.22 Å². The first-order valence-corrected chi connectivity index (χ1v) is 13.1. The van der Waals surface area contributed by atoms with E-state index in [-0.39, 0.29) is 17.0 Å². The van der Waals surface area contributed by atoms with E-state index in [1.807, 2.05) is 0 Å². The number of allylic oxidation sites excluding steroid dienone is 1. The molecule has 1 aliphatic rings. The van der Waals surface area contributed by atoms with Crippen LogP contribution in [0.1, 0.15) is 52.8 Å². The topological polar surface area (TPSA) is 77.0 Å². The molecule has 2 aromatic rings. The molecule has 1 amide bonds. The highest BCUT2D eigenvalue weighted by molar-refractivity contribution is 7.21. The van der Waals surface area contributed by atoms with Crippen LogP contribution in [0.5, 0.6) is 0 Å². The summed E-state index contributed by atoms with van der Waals surface area (Å²) in [5.41, 5.74) is 1.88. The van der Waals surface area contributed by atoms with Crippen molar-refractivity contribution >= 4 is 46.6 Å². The number of amides is 1. The van der Waals surface area contributed by atoms with Gasteiger partial charge in [-0.05, 0) is 43.0 Å². The predicted molar refractivity (Wildman–Crippen MR) is 113 cm³/mol. The summed E-state index contributed by atoms with van der Waals surface area (Å²) < 4.78 is 6.54. The molecule has 0 bridgehead atoms. The molecule has 0 saturated carbocycles.